The summed E-state index contributed by atoms with van der Waals surface area (Å²) in [6.45, 7) is 8.67. The average molecular weight is 406 g/mol. The second-order valence-corrected chi connectivity index (χ2v) is 9.18. The maximum atomic E-state index is 13.0. The van der Waals surface area contributed by atoms with Crippen LogP contribution in [0.3, 0.4) is 0 Å². The van der Waals surface area contributed by atoms with Crippen molar-refractivity contribution in [2.24, 2.45) is 0 Å². The number of hydroxylamine groups is 2. The van der Waals surface area contributed by atoms with Crippen LogP contribution in [0.5, 0.6) is 0 Å². The molecule has 1 fully saturated rings. The zero-order valence-electron chi connectivity index (χ0n) is 17.6. The third-order valence-electron chi connectivity index (χ3n) is 5.78. The summed E-state index contributed by atoms with van der Waals surface area (Å²) in [6, 6.07) is 15.3. The average Bonchev–Trinajstić information content (AvgIpc) is 2.63. The molecule has 0 saturated carbocycles. The Morgan fingerprint density at radius 1 is 0.897 bits per heavy atom. The van der Waals surface area contributed by atoms with E-state index >= 15 is 0 Å². The first-order chi connectivity index (χ1) is 13.5. The molecular formula is C24H30F3NO. The van der Waals surface area contributed by atoms with E-state index in [1.54, 1.807) is 12.1 Å². The molecule has 29 heavy (non-hydrogen) atoms. The molecule has 3 rings (SSSR count). The fourth-order valence-corrected chi connectivity index (χ4v) is 4.32. The van der Waals surface area contributed by atoms with Crippen molar-refractivity contribution in [1.29, 1.82) is 0 Å². The van der Waals surface area contributed by atoms with Crippen LogP contribution in [0, 0.1) is 0 Å². The van der Waals surface area contributed by atoms with E-state index in [4.69, 9.17) is 4.84 Å². The van der Waals surface area contributed by atoms with E-state index in [0.29, 0.717) is 6.42 Å². The van der Waals surface area contributed by atoms with Gasteiger partial charge in [0, 0.05) is 17.5 Å². The van der Waals surface area contributed by atoms with Crippen LogP contribution in [0.4, 0.5) is 13.2 Å². The van der Waals surface area contributed by atoms with E-state index in [1.165, 1.54) is 0 Å². The zero-order valence-corrected chi connectivity index (χ0v) is 17.6. The van der Waals surface area contributed by atoms with Gasteiger partial charge in [-0.05, 0) is 70.2 Å². The number of piperidine rings is 1. The number of hydrogen-bond donors (Lipinski definition) is 0. The minimum absolute atomic E-state index is 0.150. The van der Waals surface area contributed by atoms with Crippen molar-refractivity contribution >= 4 is 0 Å². The quantitative estimate of drug-likeness (QED) is 0.533. The van der Waals surface area contributed by atoms with Crippen LogP contribution in [-0.4, -0.2) is 16.1 Å². The molecule has 2 aromatic carbocycles. The molecule has 1 unspecified atom stereocenters. The Hall–Kier alpha value is -1.85. The molecule has 0 radical (unpaired) electrons. The topological polar surface area (TPSA) is 12.5 Å². The molecule has 0 spiro atoms. The van der Waals surface area contributed by atoms with Crippen molar-refractivity contribution in [3.63, 3.8) is 0 Å². The molecule has 0 aliphatic carbocycles. The van der Waals surface area contributed by atoms with Crippen molar-refractivity contribution < 1.29 is 18.0 Å². The maximum Gasteiger partial charge on any atom is 0.416 e. The molecule has 1 aliphatic heterocycles. The fraction of sp³-hybridized carbons (Fsp3) is 0.500. The molecule has 158 valence electrons. The highest BCUT2D eigenvalue weighted by Gasteiger charge is 2.43. The molecular weight excluding hydrogens is 375 g/mol. The summed E-state index contributed by atoms with van der Waals surface area (Å²) in [5.41, 5.74) is 0.896. The van der Waals surface area contributed by atoms with Gasteiger partial charge >= 0.3 is 6.18 Å². The van der Waals surface area contributed by atoms with Gasteiger partial charge in [-0.25, -0.2) is 0 Å². The highest BCUT2D eigenvalue weighted by atomic mass is 19.4. The lowest BCUT2D eigenvalue weighted by Crippen LogP contribution is -2.58. The predicted octanol–water partition coefficient (Wildman–Crippen LogP) is 6.96. The molecule has 2 aromatic rings. The molecule has 1 aliphatic rings. The zero-order chi connectivity index (χ0) is 21.3. The summed E-state index contributed by atoms with van der Waals surface area (Å²) in [6.07, 6.45) is -0.955. The van der Waals surface area contributed by atoms with Crippen molar-refractivity contribution in [2.75, 3.05) is 0 Å². The highest BCUT2D eigenvalue weighted by Crippen LogP contribution is 2.41. The van der Waals surface area contributed by atoms with Crippen LogP contribution in [0.2, 0.25) is 0 Å². The summed E-state index contributed by atoms with van der Waals surface area (Å²) in [7, 11) is 0. The van der Waals surface area contributed by atoms with E-state index in [1.807, 2.05) is 30.3 Å². The van der Waals surface area contributed by atoms with Gasteiger partial charge in [0.25, 0.3) is 0 Å². The Labute approximate surface area is 171 Å². The van der Waals surface area contributed by atoms with E-state index in [0.717, 1.165) is 42.5 Å². The minimum Gasteiger partial charge on any atom is -0.290 e. The van der Waals surface area contributed by atoms with E-state index in [2.05, 4.69) is 32.8 Å². The largest absolute Gasteiger partial charge is 0.416 e. The van der Waals surface area contributed by atoms with Gasteiger partial charge in [-0.2, -0.15) is 18.2 Å². The summed E-state index contributed by atoms with van der Waals surface area (Å²) in [4.78, 5) is 6.59. The number of benzene rings is 2. The van der Waals surface area contributed by atoms with Gasteiger partial charge in [0.1, 0.15) is 6.10 Å². The molecule has 2 nitrogen and oxygen atoms in total. The van der Waals surface area contributed by atoms with E-state index < -0.39 is 11.7 Å². The Kier molecular flexibility index (Phi) is 6.11. The number of alkyl halides is 3. The molecule has 1 saturated heterocycles. The van der Waals surface area contributed by atoms with Crippen molar-refractivity contribution in [1.82, 2.24) is 5.06 Å². The van der Waals surface area contributed by atoms with Gasteiger partial charge in [0.05, 0.1) is 5.56 Å². The Morgan fingerprint density at radius 2 is 1.45 bits per heavy atom. The first-order valence-corrected chi connectivity index (χ1v) is 10.2. The van der Waals surface area contributed by atoms with Gasteiger partial charge in [-0.3, -0.25) is 4.84 Å². The summed E-state index contributed by atoms with van der Waals surface area (Å²) in [5, 5.41) is 2.08. The third kappa shape index (κ3) is 5.20. The normalized spacial score (nSPS) is 20.4. The fourth-order valence-electron chi connectivity index (χ4n) is 4.32. The summed E-state index contributed by atoms with van der Waals surface area (Å²) >= 11 is 0. The molecule has 0 amide bonds. The molecule has 0 bridgehead atoms. The van der Waals surface area contributed by atoms with E-state index in [-0.39, 0.29) is 17.2 Å². The third-order valence-corrected chi connectivity index (χ3v) is 5.78. The molecule has 5 heteroatoms. The van der Waals surface area contributed by atoms with Gasteiger partial charge in [-0.15, -0.1) is 0 Å². The lowest BCUT2D eigenvalue weighted by atomic mass is 9.82. The van der Waals surface area contributed by atoms with Crippen LogP contribution in [0.1, 0.15) is 69.8 Å². The molecule has 0 N–H and O–H groups in total. The van der Waals surface area contributed by atoms with Gasteiger partial charge in [-0.1, -0.05) is 42.5 Å². The van der Waals surface area contributed by atoms with Crippen LogP contribution in [0.15, 0.2) is 54.6 Å². The van der Waals surface area contributed by atoms with E-state index in [9.17, 15) is 13.2 Å². The SMILES string of the molecule is CC1(C)CCCC(C)(C)N1OC(Cc1ccccc1)c1ccc(C(F)(F)F)cc1. The second-order valence-electron chi connectivity index (χ2n) is 9.18. The number of rotatable bonds is 5. The van der Waals surface area contributed by atoms with Gasteiger partial charge < -0.3 is 0 Å². The second kappa shape index (κ2) is 8.11. The molecule has 1 heterocycles. The monoisotopic (exact) mass is 405 g/mol. The Morgan fingerprint density at radius 3 is 1.97 bits per heavy atom. The predicted molar refractivity (Wildman–Crippen MR) is 109 cm³/mol. The van der Waals surface area contributed by atoms with Crippen LogP contribution >= 0.6 is 0 Å². The first-order valence-electron chi connectivity index (χ1n) is 10.2. The maximum absolute atomic E-state index is 13.0. The van der Waals surface area contributed by atoms with Crippen LogP contribution in [-0.2, 0) is 17.4 Å². The van der Waals surface area contributed by atoms with Gasteiger partial charge in [0.15, 0.2) is 0 Å². The smallest absolute Gasteiger partial charge is 0.290 e. The van der Waals surface area contributed by atoms with Crippen molar-refractivity contribution in [3.05, 3.63) is 71.3 Å². The first kappa shape index (κ1) is 21.8. The summed E-state index contributed by atoms with van der Waals surface area (Å²) < 4.78 is 39.0. The van der Waals surface area contributed by atoms with Crippen LogP contribution in [0.25, 0.3) is 0 Å². The summed E-state index contributed by atoms with van der Waals surface area (Å²) in [5.74, 6) is 0. The van der Waals surface area contributed by atoms with Crippen molar-refractivity contribution in [3.8, 4) is 0 Å². The number of hydrogen-bond acceptors (Lipinski definition) is 2. The van der Waals surface area contributed by atoms with Crippen LogP contribution < -0.4 is 0 Å². The molecule has 1 atom stereocenters. The molecule has 0 aromatic heterocycles. The highest BCUT2D eigenvalue weighted by molar-refractivity contribution is 5.28. The number of halogens is 3. The van der Waals surface area contributed by atoms with Crippen molar-refractivity contribution in [2.45, 2.75) is 76.7 Å². The lowest BCUT2D eigenvalue weighted by Gasteiger charge is -2.52. The Balaban J connectivity index is 1.93. The lowest BCUT2D eigenvalue weighted by molar-refractivity contribution is -0.307. The Bertz CT molecular complexity index is 781. The minimum atomic E-state index is -4.34. The standard InChI is InChI=1S/C24H30F3NO/c1-22(2)15-8-16-23(3,4)28(22)29-21(17-18-9-6-5-7-10-18)19-11-13-20(14-12-19)24(25,26)27/h5-7,9-14,21H,8,15-17H2,1-4H3. The number of nitrogens with zero attached hydrogens (tertiary/aromatic N) is 1. The van der Waals surface area contributed by atoms with Gasteiger partial charge in [0.2, 0.25) is 0 Å².